The number of aromatic nitrogens is 1. The van der Waals surface area contributed by atoms with Crippen molar-refractivity contribution in [2.45, 2.75) is 4.90 Å². The first kappa shape index (κ1) is 16.0. The highest BCUT2D eigenvalue weighted by atomic mass is 79.9. The van der Waals surface area contributed by atoms with Gasteiger partial charge in [-0.25, -0.2) is 13.4 Å². The van der Waals surface area contributed by atoms with Crippen molar-refractivity contribution in [3.63, 3.8) is 0 Å². The second kappa shape index (κ2) is 6.20. The molecule has 9 heteroatoms. The van der Waals surface area contributed by atoms with Crippen LogP contribution in [-0.4, -0.2) is 13.4 Å². The molecule has 0 saturated carbocycles. The Balaban J connectivity index is 2.51. The maximum absolute atomic E-state index is 12.4. The molecule has 0 radical (unpaired) electrons. The molecule has 0 unspecified atom stereocenters. The Morgan fingerprint density at radius 2 is 2.00 bits per heavy atom. The van der Waals surface area contributed by atoms with Gasteiger partial charge in [-0.1, -0.05) is 23.2 Å². The summed E-state index contributed by atoms with van der Waals surface area (Å²) in [4.78, 5) is 3.59. The van der Waals surface area contributed by atoms with Crippen LogP contribution in [-0.2, 0) is 10.0 Å². The van der Waals surface area contributed by atoms with Gasteiger partial charge in [0.15, 0.2) is 5.15 Å². The molecule has 1 N–H and O–H groups in total. The number of hydrogen-bond donors (Lipinski definition) is 1. The third-order valence-corrected chi connectivity index (χ3v) is 4.78. The molecule has 0 amide bonds. The molecule has 0 spiro atoms. The minimum atomic E-state index is -4.02. The second-order valence-electron chi connectivity index (χ2n) is 3.85. The van der Waals surface area contributed by atoms with Crippen LogP contribution in [0.5, 0.6) is 0 Å². The van der Waals surface area contributed by atoms with Gasteiger partial charge in [-0.3, -0.25) is 4.72 Å². The molecular formula is C12H6BrCl2N3O2S. The van der Waals surface area contributed by atoms with Crippen molar-refractivity contribution >= 4 is 54.8 Å². The number of benzene rings is 1. The second-order valence-corrected chi connectivity index (χ2v) is 7.21. The summed E-state index contributed by atoms with van der Waals surface area (Å²) >= 11 is 14.8. The molecule has 2 aromatic rings. The molecule has 0 aliphatic rings. The summed E-state index contributed by atoms with van der Waals surface area (Å²) in [5.74, 6) is 0. The van der Waals surface area contributed by atoms with E-state index < -0.39 is 10.0 Å². The lowest BCUT2D eigenvalue weighted by Crippen LogP contribution is -2.15. The van der Waals surface area contributed by atoms with Gasteiger partial charge in [0.2, 0.25) is 0 Å². The molecular weight excluding hydrogens is 401 g/mol. The Morgan fingerprint density at radius 3 is 2.67 bits per heavy atom. The minimum Gasteiger partial charge on any atom is -0.276 e. The number of nitrogens with zero attached hydrogens (tertiary/aromatic N) is 2. The van der Waals surface area contributed by atoms with E-state index in [4.69, 9.17) is 28.5 Å². The quantitative estimate of drug-likeness (QED) is 0.785. The van der Waals surface area contributed by atoms with E-state index in [0.717, 1.165) is 0 Å². The summed E-state index contributed by atoms with van der Waals surface area (Å²) in [5, 5.41) is 9.20. The maximum Gasteiger partial charge on any atom is 0.263 e. The Bertz CT molecular complexity index is 850. The first-order chi connectivity index (χ1) is 9.83. The Labute approximate surface area is 139 Å². The molecule has 1 aromatic heterocycles. The summed E-state index contributed by atoms with van der Waals surface area (Å²) in [6, 6.07) is 7.23. The van der Waals surface area contributed by atoms with E-state index in [1.807, 2.05) is 0 Å². The number of sulfonamides is 1. The van der Waals surface area contributed by atoms with Crippen molar-refractivity contribution in [1.82, 2.24) is 4.98 Å². The van der Waals surface area contributed by atoms with Gasteiger partial charge in [0.05, 0.1) is 11.3 Å². The molecule has 0 bridgehead atoms. The van der Waals surface area contributed by atoms with Gasteiger partial charge in [-0.15, -0.1) is 0 Å². The van der Waals surface area contributed by atoms with Crippen LogP contribution >= 0.6 is 39.1 Å². The first-order valence-corrected chi connectivity index (χ1v) is 8.40. The molecule has 0 saturated heterocycles. The number of halogens is 3. The number of hydrogen-bond acceptors (Lipinski definition) is 4. The third-order valence-electron chi connectivity index (χ3n) is 2.40. The standard InChI is InChI=1S/C12H6BrCl2N3O2S/c13-8-3-10(12(15)17-6-8)18-21(19,20)11-4-9(14)2-1-7(11)5-16/h1-4,6,18H. The average Bonchev–Trinajstić information content (AvgIpc) is 2.42. The van der Waals surface area contributed by atoms with Gasteiger partial charge in [-0.2, -0.15) is 5.26 Å². The van der Waals surface area contributed by atoms with Crippen LogP contribution in [0.4, 0.5) is 5.69 Å². The van der Waals surface area contributed by atoms with Crippen molar-refractivity contribution in [3.05, 3.63) is 50.7 Å². The van der Waals surface area contributed by atoms with Crippen LogP contribution in [0.2, 0.25) is 10.2 Å². The number of anilines is 1. The van der Waals surface area contributed by atoms with E-state index in [1.54, 1.807) is 6.07 Å². The fourth-order valence-electron chi connectivity index (χ4n) is 1.50. The number of pyridine rings is 1. The van der Waals surface area contributed by atoms with Gasteiger partial charge in [-0.05, 0) is 40.2 Å². The zero-order valence-corrected chi connectivity index (χ0v) is 14.1. The van der Waals surface area contributed by atoms with Crippen LogP contribution in [0, 0.1) is 11.3 Å². The zero-order valence-electron chi connectivity index (χ0n) is 10.1. The lowest BCUT2D eigenvalue weighted by atomic mass is 10.2. The molecule has 108 valence electrons. The van der Waals surface area contributed by atoms with E-state index >= 15 is 0 Å². The highest BCUT2D eigenvalue weighted by molar-refractivity contribution is 9.10. The largest absolute Gasteiger partial charge is 0.276 e. The van der Waals surface area contributed by atoms with E-state index in [-0.39, 0.29) is 26.3 Å². The normalized spacial score (nSPS) is 11.0. The van der Waals surface area contributed by atoms with Crippen LogP contribution in [0.25, 0.3) is 0 Å². The molecule has 0 fully saturated rings. The molecule has 2 rings (SSSR count). The molecule has 5 nitrogen and oxygen atoms in total. The van der Waals surface area contributed by atoms with Gasteiger partial charge >= 0.3 is 0 Å². The van der Waals surface area contributed by atoms with Crippen LogP contribution in [0.3, 0.4) is 0 Å². The van der Waals surface area contributed by atoms with Gasteiger partial charge < -0.3 is 0 Å². The van der Waals surface area contributed by atoms with E-state index in [9.17, 15) is 8.42 Å². The SMILES string of the molecule is N#Cc1ccc(Cl)cc1S(=O)(=O)Nc1cc(Br)cnc1Cl. The van der Waals surface area contributed by atoms with E-state index in [0.29, 0.717) is 4.47 Å². The van der Waals surface area contributed by atoms with Crippen LogP contribution in [0.1, 0.15) is 5.56 Å². The van der Waals surface area contributed by atoms with Crippen molar-refractivity contribution in [2.75, 3.05) is 4.72 Å². The summed E-state index contributed by atoms with van der Waals surface area (Å²) in [6.07, 6.45) is 1.43. The van der Waals surface area contributed by atoms with E-state index in [1.165, 1.54) is 30.5 Å². The number of nitrogens with one attached hydrogen (secondary N) is 1. The number of nitriles is 1. The smallest absolute Gasteiger partial charge is 0.263 e. The molecule has 0 aliphatic carbocycles. The summed E-state index contributed by atoms with van der Waals surface area (Å²) in [5.41, 5.74) is 0.0703. The highest BCUT2D eigenvalue weighted by Gasteiger charge is 2.21. The Kier molecular flexibility index (Phi) is 4.74. The lowest BCUT2D eigenvalue weighted by Gasteiger charge is -2.10. The topological polar surface area (TPSA) is 82.8 Å². The van der Waals surface area contributed by atoms with Crippen molar-refractivity contribution < 1.29 is 8.42 Å². The lowest BCUT2D eigenvalue weighted by molar-refractivity contribution is 0.601. The Morgan fingerprint density at radius 1 is 1.29 bits per heavy atom. The predicted octanol–water partition coefficient (Wildman–Crippen LogP) is 3.82. The fraction of sp³-hybridized carbons (Fsp3) is 0. The van der Waals surface area contributed by atoms with Crippen molar-refractivity contribution in [3.8, 4) is 6.07 Å². The Hall–Kier alpha value is -1.33. The average molecular weight is 407 g/mol. The van der Waals surface area contributed by atoms with E-state index in [2.05, 4.69) is 25.6 Å². The van der Waals surface area contributed by atoms with Crippen LogP contribution < -0.4 is 4.72 Å². The van der Waals surface area contributed by atoms with Crippen molar-refractivity contribution in [1.29, 1.82) is 5.26 Å². The third kappa shape index (κ3) is 3.66. The van der Waals surface area contributed by atoms with Crippen LogP contribution in [0.15, 0.2) is 39.8 Å². The molecule has 0 atom stereocenters. The molecule has 21 heavy (non-hydrogen) atoms. The minimum absolute atomic E-state index is 0.0117. The number of rotatable bonds is 3. The first-order valence-electron chi connectivity index (χ1n) is 5.37. The summed E-state index contributed by atoms with van der Waals surface area (Å²) in [6.45, 7) is 0. The highest BCUT2D eigenvalue weighted by Crippen LogP contribution is 2.27. The monoisotopic (exact) mass is 405 g/mol. The van der Waals surface area contributed by atoms with Gasteiger partial charge in [0.25, 0.3) is 10.0 Å². The van der Waals surface area contributed by atoms with Crippen molar-refractivity contribution in [2.24, 2.45) is 0 Å². The molecule has 1 heterocycles. The van der Waals surface area contributed by atoms with Gasteiger partial charge in [0, 0.05) is 15.7 Å². The molecule has 1 aromatic carbocycles. The summed E-state index contributed by atoms with van der Waals surface area (Å²) < 4.78 is 27.6. The molecule has 0 aliphatic heterocycles. The maximum atomic E-state index is 12.4. The predicted molar refractivity (Wildman–Crippen MR) is 83.9 cm³/mol. The fourth-order valence-corrected chi connectivity index (χ4v) is 3.52. The summed E-state index contributed by atoms with van der Waals surface area (Å²) in [7, 11) is -4.02. The van der Waals surface area contributed by atoms with Gasteiger partial charge in [0.1, 0.15) is 11.0 Å². The zero-order chi connectivity index (χ0) is 15.6.